The monoisotopic (exact) mass is 434 g/mol. The Hall–Kier alpha value is -2.20. The number of amides is 1. The van der Waals surface area contributed by atoms with Crippen molar-refractivity contribution in [1.82, 2.24) is 9.96 Å². The van der Waals surface area contributed by atoms with Crippen LogP contribution in [0.2, 0.25) is 0 Å². The van der Waals surface area contributed by atoms with Crippen molar-refractivity contribution in [3.63, 3.8) is 0 Å². The minimum absolute atomic E-state index is 0.0329. The highest BCUT2D eigenvalue weighted by Gasteiger charge is 2.59. The summed E-state index contributed by atoms with van der Waals surface area (Å²) in [7, 11) is 3.07. The van der Waals surface area contributed by atoms with Gasteiger partial charge in [0.25, 0.3) is 0 Å². The number of hydrogen-bond donors (Lipinski definition) is 0. The molecule has 0 unspecified atom stereocenters. The molecule has 2 heterocycles. The molecule has 1 saturated heterocycles. The van der Waals surface area contributed by atoms with Crippen LogP contribution >= 0.6 is 0 Å². The predicted molar refractivity (Wildman–Crippen MR) is 98.6 cm³/mol. The van der Waals surface area contributed by atoms with E-state index < -0.39 is 23.3 Å². The van der Waals surface area contributed by atoms with Crippen LogP contribution in [-0.4, -0.2) is 54.9 Å². The first kappa shape index (κ1) is 22.5. The van der Waals surface area contributed by atoms with E-state index in [-0.39, 0.29) is 30.2 Å². The van der Waals surface area contributed by atoms with Crippen LogP contribution in [0, 0.1) is 0 Å². The van der Waals surface area contributed by atoms with Crippen LogP contribution in [0.4, 0.5) is 22.0 Å². The molecule has 3 rings (SSSR count). The molecule has 0 bridgehead atoms. The summed E-state index contributed by atoms with van der Waals surface area (Å²) in [5.74, 6) is -5.13. The van der Waals surface area contributed by atoms with Crippen molar-refractivity contribution in [2.45, 2.75) is 44.4 Å². The second kappa shape index (κ2) is 7.49. The molecule has 30 heavy (non-hydrogen) atoms. The lowest BCUT2D eigenvalue weighted by Crippen LogP contribution is -2.43. The first-order valence-electron chi connectivity index (χ1n) is 9.37. The van der Waals surface area contributed by atoms with Crippen molar-refractivity contribution in [3.05, 3.63) is 34.9 Å². The van der Waals surface area contributed by atoms with Crippen molar-refractivity contribution in [3.8, 4) is 5.75 Å². The van der Waals surface area contributed by atoms with Gasteiger partial charge in [0.2, 0.25) is 5.91 Å². The van der Waals surface area contributed by atoms with Gasteiger partial charge in [-0.2, -0.15) is 27.0 Å². The molecule has 5 nitrogen and oxygen atoms in total. The summed E-state index contributed by atoms with van der Waals surface area (Å²) in [5.41, 5.74) is -1.29. The van der Waals surface area contributed by atoms with Crippen molar-refractivity contribution in [2.24, 2.45) is 0 Å². The number of alkyl halides is 5. The van der Waals surface area contributed by atoms with Crippen LogP contribution in [0.3, 0.4) is 0 Å². The maximum absolute atomic E-state index is 14.0. The lowest BCUT2D eigenvalue weighted by molar-refractivity contribution is -0.289. The molecule has 1 fully saturated rings. The number of ether oxygens (including phenoxy) is 1. The zero-order chi connectivity index (χ0) is 22.5. The number of nitrogens with zero attached hydrogens (tertiary/aromatic N) is 2. The predicted octanol–water partition coefficient (Wildman–Crippen LogP) is 4.34. The molecular formula is C20H23F5N2O3. The Morgan fingerprint density at radius 1 is 1.23 bits per heavy atom. The Balaban J connectivity index is 2.25. The normalized spacial score (nSPS) is 19.4. The number of hydroxylamine groups is 2. The number of rotatable bonds is 5. The molecule has 0 atom stereocenters. The molecule has 0 spiro atoms. The Kier molecular flexibility index (Phi) is 5.61. The van der Waals surface area contributed by atoms with Gasteiger partial charge < -0.3 is 14.5 Å². The molecular weight excluding hydrogens is 411 g/mol. The number of fused-ring (bicyclic) bond motifs is 1. The van der Waals surface area contributed by atoms with Crippen molar-refractivity contribution < 1.29 is 36.3 Å². The molecule has 2 aliphatic rings. The average Bonchev–Trinajstić information content (AvgIpc) is 3.06. The van der Waals surface area contributed by atoms with Gasteiger partial charge >= 0.3 is 12.1 Å². The van der Waals surface area contributed by atoms with E-state index >= 15 is 0 Å². The molecule has 0 saturated carbocycles. The highest BCUT2D eigenvalue weighted by atomic mass is 19.4. The van der Waals surface area contributed by atoms with Gasteiger partial charge in [-0.05, 0) is 38.5 Å². The lowest BCUT2D eigenvalue weighted by Gasteiger charge is -2.40. The number of likely N-dealkylation sites (N-methyl/N-ethyl adjacent to an activating group) is 1. The van der Waals surface area contributed by atoms with E-state index in [1.165, 1.54) is 17.1 Å². The maximum Gasteiger partial charge on any atom is 0.458 e. The quantitative estimate of drug-likeness (QED) is 0.511. The van der Waals surface area contributed by atoms with Crippen LogP contribution in [-0.2, 0) is 15.6 Å². The van der Waals surface area contributed by atoms with Gasteiger partial charge in [0, 0.05) is 36.7 Å². The first-order chi connectivity index (χ1) is 13.8. The molecule has 166 valence electrons. The van der Waals surface area contributed by atoms with Gasteiger partial charge in [0.05, 0.1) is 19.4 Å². The molecule has 0 radical (unpaired) electrons. The minimum Gasteiger partial charge on any atom is -0.483 e. The van der Waals surface area contributed by atoms with Gasteiger partial charge in [0.15, 0.2) is 0 Å². The lowest BCUT2D eigenvalue weighted by atomic mass is 9.87. The van der Waals surface area contributed by atoms with E-state index in [1.54, 1.807) is 20.9 Å². The van der Waals surface area contributed by atoms with E-state index in [0.717, 1.165) is 12.1 Å². The fraction of sp³-hybridized carbons (Fsp3) is 0.550. The summed E-state index contributed by atoms with van der Waals surface area (Å²) in [6.07, 6.45) is -4.92. The molecule has 0 N–H and O–H groups in total. The molecule has 0 aromatic heterocycles. The molecule has 2 aliphatic heterocycles. The molecule has 1 aromatic rings. The Labute approximate surface area is 171 Å². The Morgan fingerprint density at radius 3 is 2.43 bits per heavy atom. The van der Waals surface area contributed by atoms with Gasteiger partial charge in [-0.3, -0.25) is 4.79 Å². The number of hydrogen-bond acceptors (Lipinski definition) is 4. The Bertz CT molecular complexity index is 880. The smallest absolute Gasteiger partial charge is 0.458 e. The molecule has 1 aromatic carbocycles. The van der Waals surface area contributed by atoms with Gasteiger partial charge in [-0.15, -0.1) is 0 Å². The van der Waals surface area contributed by atoms with Crippen LogP contribution in [0.1, 0.15) is 37.8 Å². The van der Waals surface area contributed by atoms with Crippen LogP contribution in [0.25, 0.3) is 5.70 Å². The minimum atomic E-state index is -5.75. The maximum atomic E-state index is 14.0. The van der Waals surface area contributed by atoms with Crippen LogP contribution in [0.15, 0.2) is 23.8 Å². The largest absolute Gasteiger partial charge is 0.483 e. The summed E-state index contributed by atoms with van der Waals surface area (Å²) in [5, 5.41) is 1.46. The summed E-state index contributed by atoms with van der Waals surface area (Å²) < 4.78 is 72.9. The number of likely N-dealkylation sites (tertiary alicyclic amines) is 1. The highest BCUT2D eigenvalue weighted by molar-refractivity contribution is 5.91. The standard InChI is InChI=1S/C20H23F5N2O3/c1-18(2)14(11-26(3)29-4)17(27-9-5-6-16(27)28)13-10-12(7-8-15(13)30-18)19(21,22)20(23,24)25/h7-8,10H,5-6,9,11H2,1-4H3. The van der Waals surface area contributed by atoms with E-state index in [1.807, 2.05) is 0 Å². The summed E-state index contributed by atoms with van der Waals surface area (Å²) in [6, 6.07) is 2.58. The number of halogens is 5. The average molecular weight is 434 g/mol. The zero-order valence-corrected chi connectivity index (χ0v) is 17.1. The van der Waals surface area contributed by atoms with Gasteiger partial charge in [-0.1, -0.05) is 0 Å². The second-order valence-corrected chi connectivity index (χ2v) is 7.84. The summed E-state index contributed by atoms with van der Waals surface area (Å²) in [4.78, 5) is 19.1. The fourth-order valence-corrected chi connectivity index (χ4v) is 3.69. The van der Waals surface area contributed by atoms with E-state index in [4.69, 9.17) is 9.57 Å². The first-order valence-corrected chi connectivity index (χ1v) is 9.37. The molecule has 10 heteroatoms. The third-order valence-corrected chi connectivity index (χ3v) is 5.37. The fourth-order valence-electron chi connectivity index (χ4n) is 3.69. The topological polar surface area (TPSA) is 42.0 Å². The van der Waals surface area contributed by atoms with E-state index in [2.05, 4.69) is 0 Å². The highest BCUT2D eigenvalue weighted by Crippen LogP contribution is 2.49. The SMILES string of the molecule is CON(C)CC1=C(N2CCCC2=O)c2cc(C(F)(F)C(F)(F)F)ccc2OC1(C)C. The Morgan fingerprint density at radius 2 is 1.90 bits per heavy atom. The molecule has 1 amide bonds. The zero-order valence-electron chi connectivity index (χ0n) is 17.1. The third kappa shape index (κ3) is 3.78. The van der Waals surface area contributed by atoms with E-state index in [9.17, 15) is 26.7 Å². The summed E-state index contributed by atoms with van der Waals surface area (Å²) >= 11 is 0. The van der Waals surface area contributed by atoms with Crippen molar-refractivity contribution in [2.75, 3.05) is 27.2 Å². The summed E-state index contributed by atoms with van der Waals surface area (Å²) in [6.45, 7) is 3.98. The number of carbonyl (C=O) groups excluding carboxylic acids is 1. The molecule has 0 aliphatic carbocycles. The van der Waals surface area contributed by atoms with Gasteiger partial charge in [-0.25, -0.2) is 0 Å². The second-order valence-electron chi connectivity index (χ2n) is 7.84. The van der Waals surface area contributed by atoms with E-state index in [0.29, 0.717) is 30.3 Å². The number of benzene rings is 1. The van der Waals surface area contributed by atoms with Crippen LogP contribution in [0.5, 0.6) is 5.75 Å². The number of carbonyl (C=O) groups is 1. The van der Waals surface area contributed by atoms with Crippen molar-refractivity contribution >= 4 is 11.6 Å². The van der Waals surface area contributed by atoms with Crippen molar-refractivity contribution in [1.29, 1.82) is 0 Å². The van der Waals surface area contributed by atoms with Gasteiger partial charge in [0.1, 0.15) is 11.4 Å². The van der Waals surface area contributed by atoms with Crippen LogP contribution < -0.4 is 4.74 Å². The third-order valence-electron chi connectivity index (χ3n) is 5.37.